The third-order valence-corrected chi connectivity index (χ3v) is 8.11. The van der Waals surface area contributed by atoms with Crippen LogP contribution in [0.4, 0.5) is 0 Å². The minimum atomic E-state index is -3.61. The third kappa shape index (κ3) is 4.12. The molecule has 0 saturated carbocycles. The number of sulfonamides is 1. The van der Waals surface area contributed by atoms with Crippen LogP contribution in [0.5, 0.6) is 0 Å². The number of nitrogens with zero attached hydrogens (tertiary/aromatic N) is 2. The summed E-state index contributed by atoms with van der Waals surface area (Å²) in [5.41, 5.74) is 1.70. The van der Waals surface area contributed by atoms with E-state index in [1.54, 1.807) is 35.6 Å². The van der Waals surface area contributed by atoms with Gasteiger partial charge in [-0.2, -0.15) is 15.6 Å². The number of hydrogen-bond acceptors (Lipinski definition) is 5. The van der Waals surface area contributed by atoms with Crippen LogP contribution in [0.1, 0.15) is 48.7 Å². The van der Waals surface area contributed by atoms with Crippen LogP contribution in [0.15, 0.2) is 46.0 Å². The van der Waals surface area contributed by atoms with Gasteiger partial charge in [0, 0.05) is 25.2 Å². The number of hydrogen-bond donors (Lipinski definition) is 0. The second-order valence-electron chi connectivity index (χ2n) is 7.82. The standard InChI is InChI=1S/C21H26N2O4S2/c1-15-12-22(13-16(2)27-15)29(25,26)19-7-5-17(6-8-19)21(24)23-10-3-4-20(23)18-9-11-28-14-18/h5-9,11,14-16,20H,3-4,10,12-13H2,1-2H3/t15-,16+,20-/m1/s1. The van der Waals surface area contributed by atoms with Crippen molar-refractivity contribution in [3.8, 4) is 0 Å². The highest BCUT2D eigenvalue weighted by atomic mass is 32.2. The summed E-state index contributed by atoms with van der Waals surface area (Å²) in [6, 6.07) is 8.53. The van der Waals surface area contributed by atoms with E-state index in [4.69, 9.17) is 4.74 Å². The van der Waals surface area contributed by atoms with Crippen LogP contribution in [-0.4, -0.2) is 55.4 Å². The second kappa shape index (κ2) is 8.18. The van der Waals surface area contributed by atoms with Crippen molar-refractivity contribution in [2.45, 2.75) is 49.8 Å². The maximum absolute atomic E-state index is 13.1. The number of thiophene rings is 1. The van der Waals surface area contributed by atoms with Gasteiger partial charge >= 0.3 is 0 Å². The Morgan fingerprint density at radius 3 is 2.41 bits per heavy atom. The summed E-state index contributed by atoms with van der Waals surface area (Å²) in [7, 11) is -3.61. The van der Waals surface area contributed by atoms with E-state index in [9.17, 15) is 13.2 Å². The number of carbonyl (C=O) groups is 1. The first-order valence-electron chi connectivity index (χ1n) is 9.95. The van der Waals surface area contributed by atoms with Crippen molar-refractivity contribution in [1.29, 1.82) is 0 Å². The second-order valence-corrected chi connectivity index (χ2v) is 10.5. The molecular formula is C21H26N2O4S2. The largest absolute Gasteiger partial charge is 0.373 e. The zero-order chi connectivity index (χ0) is 20.6. The Labute approximate surface area is 176 Å². The van der Waals surface area contributed by atoms with E-state index in [0.717, 1.165) is 19.4 Å². The van der Waals surface area contributed by atoms with Gasteiger partial charge in [-0.05, 0) is 73.3 Å². The monoisotopic (exact) mass is 434 g/mol. The fourth-order valence-electron chi connectivity index (χ4n) is 4.23. The number of amides is 1. The summed E-state index contributed by atoms with van der Waals surface area (Å²) in [5, 5.41) is 4.12. The Morgan fingerprint density at radius 2 is 1.79 bits per heavy atom. The van der Waals surface area contributed by atoms with Gasteiger partial charge in [-0.1, -0.05) is 0 Å². The Hall–Kier alpha value is -1.74. The lowest BCUT2D eigenvalue weighted by Crippen LogP contribution is -2.48. The molecule has 29 heavy (non-hydrogen) atoms. The molecule has 0 spiro atoms. The van der Waals surface area contributed by atoms with E-state index in [2.05, 4.69) is 11.4 Å². The van der Waals surface area contributed by atoms with E-state index < -0.39 is 10.0 Å². The van der Waals surface area contributed by atoms with Crippen molar-refractivity contribution >= 4 is 27.3 Å². The van der Waals surface area contributed by atoms with Gasteiger partial charge in [0.1, 0.15) is 0 Å². The van der Waals surface area contributed by atoms with Gasteiger partial charge in [-0.3, -0.25) is 4.79 Å². The molecule has 4 rings (SSSR count). The molecule has 1 aromatic heterocycles. The predicted octanol–water partition coefficient (Wildman–Crippen LogP) is 3.52. The molecule has 2 aromatic rings. The Kier molecular flexibility index (Phi) is 5.79. The van der Waals surface area contributed by atoms with Crippen molar-refractivity contribution in [1.82, 2.24) is 9.21 Å². The number of benzene rings is 1. The molecule has 0 unspecified atom stereocenters. The lowest BCUT2D eigenvalue weighted by molar-refractivity contribution is -0.0440. The fourth-order valence-corrected chi connectivity index (χ4v) is 6.53. The predicted molar refractivity (Wildman–Crippen MR) is 113 cm³/mol. The lowest BCUT2D eigenvalue weighted by atomic mass is 10.1. The van der Waals surface area contributed by atoms with Gasteiger partial charge < -0.3 is 9.64 Å². The van der Waals surface area contributed by atoms with Gasteiger partial charge in [0.25, 0.3) is 5.91 Å². The quantitative estimate of drug-likeness (QED) is 0.738. The number of carbonyl (C=O) groups excluding carboxylic acids is 1. The SMILES string of the molecule is C[C@@H]1CN(S(=O)(=O)c2ccc(C(=O)N3CCC[C@@H]3c3ccsc3)cc2)C[C@H](C)O1. The normalized spacial score (nSPS) is 26.0. The van der Waals surface area contributed by atoms with Crippen molar-refractivity contribution in [2.24, 2.45) is 0 Å². The Balaban J connectivity index is 1.52. The Morgan fingerprint density at radius 1 is 1.10 bits per heavy atom. The van der Waals surface area contributed by atoms with Gasteiger partial charge in [0.05, 0.1) is 23.1 Å². The molecule has 0 bridgehead atoms. The average molecular weight is 435 g/mol. The van der Waals surface area contributed by atoms with E-state index in [1.807, 2.05) is 24.1 Å². The van der Waals surface area contributed by atoms with Crippen molar-refractivity contribution < 1.29 is 17.9 Å². The summed E-state index contributed by atoms with van der Waals surface area (Å²) in [6.07, 6.45) is 1.66. The highest BCUT2D eigenvalue weighted by Crippen LogP contribution is 2.34. The highest BCUT2D eigenvalue weighted by Gasteiger charge is 2.33. The minimum absolute atomic E-state index is 0.0451. The number of likely N-dealkylation sites (tertiary alicyclic amines) is 1. The molecule has 2 aliphatic heterocycles. The van der Waals surface area contributed by atoms with E-state index >= 15 is 0 Å². The molecule has 2 saturated heterocycles. The summed E-state index contributed by atoms with van der Waals surface area (Å²) in [4.78, 5) is 15.2. The summed E-state index contributed by atoms with van der Waals surface area (Å²) >= 11 is 1.64. The number of rotatable bonds is 4. The fraction of sp³-hybridized carbons (Fsp3) is 0.476. The number of morpholine rings is 1. The summed E-state index contributed by atoms with van der Waals surface area (Å²) < 4.78 is 33.1. The van der Waals surface area contributed by atoms with Crippen molar-refractivity contribution in [3.05, 3.63) is 52.2 Å². The van der Waals surface area contributed by atoms with Crippen LogP contribution in [0, 0.1) is 0 Å². The highest BCUT2D eigenvalue weighted by molar-refractivity contribution is 7.89. The number of ether oxygens (including phenoxy) is 1. The molecular weight excluding hydrogens is 408 g/mol. The van der Waals surface area contributed by atoms with E-state index in [-0.39, 0.29) is 29.1 Å². The van der Waals surface area contributed by atoms with E-state index in [1.165, 1.54) is 9.87 Å². The van der Waals surface area contributed by atoms with Crippen molar-refractivity contribution in [3.63, 3.8) is 0 Å². The molecule has 1 amide bonds. The van der Waals surface area contributed by atoms with Gasteiger partial charge in [-0.15, -0.1) is 0 Å². The van der Waals surface area contributed by atoms with Crippen LogP contribution in [0.3, 0.4) is 0 Å². The van der Waals surface area contributed by atoms with Crippen molar-refractivity contribution in [2.75, 3.05) is 19.6 Å². The van der Waals surface area contributed by atoms with Crippen LogP contribution in [0.25, 0.3) is 0 Å². The molecule has 8 heteroatoms. The molecule has 3 heterocycles. The van der Waals surface area contributed by atoms with Crippen LogP contribution < -0.4 is 0 Å². The maximum atomic E-state index is 13.1. The molecule has 0 aliphatic carbocycles. The average Bonchev–Trinajstić information content (AvgIpc) is 3.38. The molecule has 2 fully saturated rings. The topological polar surface area (TPSA) is 66.9 Å². The van der Waals surface area contributed by atoms with Crippen LogP contribution in [0.2, 0.25) is 0 Å². The van der Waals surface area contributed by atoms with Gasteiger partial charge in [-0.25, -0.2) is 8.42 Å². The molecule has 0 N–H and O–H groups in total. The smallest absolute Gasteiger partial charge is 0.254 e. The Bertz CT molecular complexity index is 947. The van der Waals surface area contributed by atoms with Gasteiger partial charge in [0.2, 0.25) is 10.0 Å². The lowest BCUT2D eigenvalue weighted by Gasteiger charge is -2.34. The molecule has 156 valence electrons. The molecule has 1 aromatic carbocycles. The first-order valence-corrected chi connectivity index (χ1v) is 12.3. The third-order valence-electron chi connectivity index (χ3n) is 5.57. The molecule has 2 aliphatic rings. The summed E-state index contributed by atoms with van der Waals surface area (Å²) in [5.74, 6) is -0.0451. The molecule has 3 atom stereocenters. The van der Waals surface area contributed by atoms with E-state index in [0.29, 0.717) is 18.7 Å². The van der Waals surface area contributed by atoms with Gasteiger partial charge in [0.15, 0.2) is 0 Å². The zero-order valence-corrected chi connectivity index (χ0v) is 18.3. The molecule has 0 radical (unpaired) electrons. The van der Waals surface area contributed by atoms with Crippen LogP contribution in [-0.2, 0) is 14.8 Å². The zero-order valence-electron chi connectivity index (χ0n) is 16.7. The molecule has 6 nitrogen and oxygen atoms in total. The first kappa shape index (κ1) is 20.5. The summed E-state index contributed by atoms with van der Waals surface area (Å²) in [6.45, 7) is 5.15. The minimum Gasteiger partial charge on any atom is -0.373 e. The first-order chi connectivity index (χ1) is 13.9. The van der Waals surface area contributed by atoms with Crippen LogP contribution >= 0.6 is 11.3 Å². The maximum Gasteiger partial charge on any atom is 0.254 e.